The van der Waals surface area contributed by atoms with Crippen LogP contribution in [0.5, 0.6) is 5.75 Å². The number of fused-ring (bicyclic) bond motifs is 1. The van der Waals surface area contributed by atoms with Crippen molar-refractivity contribution < 1.29 is 13.5 Å². The molecule has 3 rings (SSSR count). The van der Waals surface area contributed by atoms with E-state index in [1.165, 1.54) is 0 Å². The van der Waals surface area contributed by atoms with Crippen molar-refractivity contribution in [3.05, 3.63) is 36.4 Å². The molecule has 112 valence electrons. The maximum atomic E-state index is 12.5. The number of rotatable bonds is 4. The fourth-order valence-electron chi connectivity index (χ4n) is 2.72. The van der Waals surface area contributed by atoms with E-state index >= 15 is 0 Å². The van der Waals surface area contributed by atoms with Gasteiger partial charge in [-0.2, -0.15) is 0 Å². The summed E-state index contributed by atoms with van der Waals surface area (Å²) in [4.78, 5) is 2.21. The fourth-order valence-corrected chi connectivity index (χ4v) is 2.72. The van der Waals surface area contributed by atoms with Crippen LogP contribution in [0.4, 0.5) is 14.5 Å². The minimum Gasteiger partial charge on any atom is -0.485 e. The van der Waals surface area contributed by atoms with Crippen LogP contribution < -0.4 is 15.0 Å². The van der Waals surface area contributed by atoms with Gasteiger partial charge in [-0.15, -0.1) is 0 Å². The van der Waals surface area contributed by atoms with Crippen molar-refractivity contribution in [3.63, 3.8) is 0 Å². The number of anilines is 1. The Labute approximate surface area is 122 Å². The quantitative estimate of drug-likeness (QED) is 0.938. The van der Waals surface area contributed by atoms with Crippen molar-refractivity contribution in [2.24, 2.45) is 0 Å². The Morgan fingerprint density at radius 3 is 2.62 bits per heavy atom. The maximum absolute atomic E-state index is 12.5. The van der Waals surface area contributed by atoms with Gasteiger partial charge in [0, 0.05) is 31.6 Å². The molecule has 2 aromatic carbocycles. The highest BCUT2D eigenvalue weighted by Crippen LogP contribution is 2.36. The Kier molecular flexibility index (Phi) is 4.20. The zero-order chi connectivity index (χ0) is 14.7. The van der Waals surface area contributed by atoms with Gasteiger partial charge in [0.05, 0.1) is 5.69 Å². The van der Waals surface area contributed by atoms with E-state index in [0.717, 1.165) is 42.6 Å². The number of piperazine rings is 1. The lowest BCUT2D eigenvalue weighted by Gasteiger charge is -2.32. The lowest BCUT2D eigenvalue weighted by atomic mass is 10.1. The lowest BCUT2D eigenvalue weighted by Crippen LogP contribution is -2.43. The molecule has 0 unspecified atom stereocenters. The van der Waals surface area contributed by atoms with Crippen LogP contribution in [0.25, 0.3) is 10.8 Å². The van der Waals surface area contributed by atoms with Gasteiger partial charge in [0.2, 0.25) is 0 Å². The molecule has 2 aromatic rings. The molecular formula is C16H18F2N2O. The summed E-state index contributed by atoms with van der Waals surface area (Å²) in [5.74, 6) is 0.538. The average molecular weight is 292 g/mol. The highest BCUT2D eigenvalue weighted by Gasteiger charge is 2.19. The molecule has 0 aliphatic carbocycles. The second-order valence-corrected chi connectivity index (χ2v) is 5.07. The van der Waals surface area contributed by atoms with Crippen LogP contribution in [0.3, 0.4) is 0 Å². The van der Waals surface area contributed by atoms with Gasteiger partial charge in [0.25, 0.3) is 6.43 Å². The van der Waals surface area contributed by atoms with Gasteiger partial charge >= 0.3 is 0 Å². The number of hydrogen-bond acceptors (Lipinski definition) is 3. The molecule has 0 spiro atoms. The third-order valence-corrected chi connectivity index (χ3v) is 3.66. The van der Waals surface area contributed by atoms with E-state index < -0.39 is 13.0 Å². The summed E-state index contributed by atoms with van der Waals surface area (Å²) in [6.45, 7) is 2.89. The number of benzene rings is 2. The first-order chi connectivity index (χ1) is 10.3. The van der Waals surface area contributed by atoms with Crippen LogP contribution >= 0.6 is 0 Å². The summed E-state index contributed by atoms with van der Waals surface area (Å²) in [5, 5.41) is 5.44. The second-order valence-electron chi connectivity index (χ2n) is 5.07. The normalized spacial score (nSPS) is 15.7. The molecule has 21 heavy (non-hydrogen) atoms. The molecule has 3 nitrogen and oxygen atoms in total. The molecule has 0 radical (unpaired) electrons. The van der Waals surface area contributed by atoms with Crippen LogP contribution in [0.1, 0.15) is 0 Å². The molecule has 1 aliphatic rings. The minimum absolute atomic E-state index is 0.538. The molecular weight excluding hydrogens is 274 g/mol. The number of ether oxygens (including phenoxy) is 1. The van der Waals surface area contributed by atoms with Gasteiger partial charge in [-0.05, 0) is 11.5 Å². The Hall–Kier alpha value is -1.88. The molecule has 5 heteroatoms. The average Bonchev–Trinajstić information content (AvgIpc) is 2.53. The third kappa shape index (κ3) is 3.08. The Morgan fingerprint density at radius 1 is 1.10 bits per heavy atom. The van der Waals surface area contributed by atoms with Crippen LogP contribution in [-0.2, 0) is 0 Å². The van der Waals surface area contributed by atoms with Gasteiger partial charge in [0.1, 0.15) is 12.4 Å². The lowest BCUT2D eigenvalue weighted by molar-refractivity contribution is 0.0821. The van der Waals surface area contributed by atoms with Crippen LogP contribution in [-0.4, -0.2) is 39.2 Å². The highest BCUT2D eigenvalue weighted by atomic mass is 19.3. The van der Waals surface area contributed by atoms with E-state index in [1.807, 2.05) is 30.3 Å². The van der Waals surface area contributed by atoms with Crippen molar-refractivity contribution in [1.82, 2.24) is 5.32 Å². The monoisotopic (exact) mass is 292 g/mol. The summed E-state index contributed by atoms with van der Waals surface area (Å²) in [6.07, 6.45) is -2.47. The molecule has 1 saturated heterocycles. The van der Waals surface area contributed by atoms with E-state index in [-0.39, 0.29) is 0 Å². The standard InChI is InChI=1S/C16H18F2N2O/c17-15(18)11-21-14-6-5-12-3-1-2-4-13(12)16(14)20-9-7-19-8-10-20/h1-6,15,19H,7-11H2. The maximum Gasteiger partial charge on any atom is 0.272 e. The van der Waals surface area contributed by atoms with E-state index in [2.05, 4.69) is 10.2 Å². The van der Waals surface area contributed by atoms with Crippen LogP contribution in [0.2, 0.25) is 0 Å². The molecule has 1 aliphatic heterocycles. The molecule has 0 atom stereocenters. The van der Waals surface area contributed by atoms with Crippen LogP contribution in [0.15, 0.2) is 36.4 Å². The summed E-state index contributed by atoms with van der Waals surface area (Å²) in [6, 6.07) is 11.7. The fraction of sp³-hybridized carbons (Fsp3) is 0.375. The Morgan fingerprint density at radius 2 is 1.86 bits per heavy atom. The Balaban J connectivity index is 2.03. The van der Waals surface area contributed by atoms with E-state index in [4.69, 9.17) is 4.74 Å². The van der Waals surface area contributed by atoms with Gasteiger partial charge in [0.15, 0.2) is 0 Å². The van der Waals surface area contributed by atoms with Crippen molar-refractivity contribution in [1.29, 1.82) is 0 Å². The van der Waals surface area contributed by atoms with E-state index in [0.29, 0.717) is 5.75 Å². The van der Waals surface area contributed by atoms with Crippen molar-refractivity contribution in [2.75, 3.05) is 37.7 Å². The second kappa shape index (κ2) is 6.26. The summed E-state index contributed by atoms with van der Waals surface area (Å²) in [5.41, 5.74) is 0.926. The van der Waals surface area contributed by atoms with Crippen molar-refractivity contribution in [2.45, 2.75) is 6.43 Å². The van der Waals surface area contributed by atoms with E-state index in [1.54, 1.807) is 6.07 Å². The first-order valence-electron chi connectivity index (χ1n) is 7.14. The van der Waals surface area contributed by atoms with Crippen LogP contribution in [0, 0.1) is 0 Å². The zero-order valence-electron chi connectivity index (χ0n) is 11.7. The molecule has 0 saturated carbocycles. The topological polar surface area (TPSA) is 24.5 Å². The first-order valence-corrected chi connectivity index (χ1v) is 7.14. The van der Waals surface area contributed by atoms with Gasteiger partial charge in [-0.25, -0.2) is 8.78 Å². The first kappa shape index (κ1) is 14.1. The third-order valence-electron chi connectivity index (χ3n) is 3.66. The largest absolute Gasteiger partial charge is 0.485 e. The smallest absolute Gasteiger partial charge is 0.272 e. The summed E-state index contributed by atoms with van der Waals surface area (Å²) in [7, 11) is 0. The van der Waals surface area contributed by atoms with Gasteiger partial charge in [-0.3, -0.25) is 0 Å². The highest BCUT2D eigenvalue weighted by molar-refractivity contribution is 5.97. The molecule has 1 heterocycles. The number of nitrogens with one attached hydrogen (secondary N) is 1. The van der Waals surface area contributed by atoms with Gasteiger partial charge < -0.3 is 15.0 Å². The number of nitrogens with zero attached hydrogens (tertiary/aromatic N) is 1. The SMILES string of the molecule is FC(F)COc1ccc2ccccc2c1N1CCNCC1. The number of hydrogen-bond donors (Lipinski definition) is 1. The number of halogens is 2. The molecule has 0 amide bonds. The van der Waals surface area contributed by atoms with E-state index in [9.17, 15) is 8.78 Å². The predicted molar refractivity (Wildman–Crippen MR) is 80.5 cm³/mol. The predicted octanol–water partition coefficient (Wildman–Crippen LogP) is 2.89. The molecule has 1 fully saturated rings. The minimum atomic E-state index is -2.47. The summed E-state index contributed by atoms with van der Waals surface area (Å²) >= 11 is 0. The van der Waals surface area contributed by atoms with Crippen molar-refractivity contribution >= 4 is 16.5 Å². The Bertz CT molecular complexity index is 612. The number of alkyl halides is 2. The van der Waals surface area contributed by atoms with Gasteiger partial charge in [-0.1, -0.05) is 30.3 Å². The molecule has 0 bridgehead atoms. The van der Waals surface area contributed by atoms with Crippen molar-refractivity contribution in [3.8, 4) is 5.75 Å². The molecule has 0 aromatic heterocycles. The zero-order valence-corrected chi connectivity index (χ0v) is 11.7. The molecule has 1 N–H and O–H groups in total. The summed E-state index contributed by atoms with van der Waals surface area (Å²) < 4.78 is 30.3.